The fourth-order valence-electron chi connectivity index (χ4n) is 1.99. The molecule has 1 amide bonds. The highest BCUT2D eigenvalue weighted by atomic mass is 32.2. The van der Waals surface area contributed by atoms with Crippen LogP contribution in [0.4, 0.5) is 0 Å². The van der Waals surface area contributed by atoms with Gasteiger partial charge in [0, 0.05) is 5.56 Å². The Balaban J connectivity index is 1.52. The van der Waals surface area contributed by atoms with E-state index >= 15 is 0 Å². The number of thioether (sulfide) groups is 1. The molecule has 1 heterocycles. The van der Waals surface area contributed by atoms with Crippen molar-refractivity contribution in [3.8, 4) is 5.75 Å². The summed E-state index contributed by atoms with van der Waals surface area (Å²) >= 11 is 1.36. The van der Waals surface area contributed by atoms with Crippen molar-refractivity contribution in [3.05, 3.63) is 54.1 Å². The summed E-state index contributed by atoms with van der Waals surface area (Å²) in [6, 6.07) is 14.6. The summed E-state index contributed by atoms with van der Waals surface area (Å²) in [7, 11) is 0. The van der Waals surface area contributed by atoms with E-state index in [2.05, 4.69) is 20.5 Å². The van der Waals surface area contributed by atoms with Crippen molar-refractivity contribution in [2.45, 2.75) is 5.16 Å². The molecular formula is C16H15N4O2S+. The van der Waals surface area contributed by atoms with Crippen LogP contribution in [0.15, 0.2) is 58.8 Å². The van der Waals surface area contributed by atoms with Gasteiger partial charge in [0.05, 0.1) is 12.0 Å². The minimum Gasteiger partial charge on any atom is -0.507 e. The van der Waals surface area contributed by atoms with E-state index in [9.17, 15) is 9.90 Å². The van der Waals surface area contributed by atoms with Crippen molar-refractivity contribution in [2.24, 2.45) is 5.10 Å². The molecule has 0 aliphatic carbocycles. The fraction of sp³-hybridized carbons (Fsp3) is 0.0625. The average Bonchev–Trinajstić information content (AvgIpc) is 2.98. The van der Waals surface area contributed by atoms with Crippen molar-refractivity contribution < 1.29 is 14.9 Å². The minimum atomic E-state index is -0.228. The third-order valence-electron chi connectivity index (χ3n) is 3.10. The van der Waals surface area contributed by atoms with E-state index in [-0.39, 0.29) is 17.4 Å². The maximum Gasteiger partial charge on any atom is 0.315 e. The zero-order chi connectivity index (χ0) is 16.1. The number of amides is 1. The molecular weight excluding hydrogens is 312 g/mol. The third-order valence-corrected chi connectivity index (χ3v) is 4.00. The number of benzene rings is 2. The largest absolute Gasteiger partial charge is 0.507 e. The summed E-state index contributed by atoms with van der Waals surface area (Å²) in [6.45, 7) is 0. The van der Waals surface area contributed by atoms with E-state index in [0.717, 1.165) is 16.2 Å². The molecule has 0 bridgehead atoms. The summed E-state index contributed by atoms with van der Waals surface area (Å²) in [5, 5.41) is 14.2. The molecule has 1 aromatic heterocycles. The smallest absolute Gasteiger partial charge is 0.315 e. The van der Waals surface area contributed by atoms with Crippen LogP contribution in [-0.2, 0) is 4.79 Å². The van der Waals surface area contributed by atoms with Crippen LogP contribution >= 0.6 is 11.8 Å². The highest BCUT2D eigenvalue weighted by Crippen LogP contribution is 2.15. The van der Waals surface area contributed by atoms with Crippen LogP contribution in [0.25, 0.3) is 11.0 Å². The standard InChI is InChI=1S/C16H14N4O2S/c21-14-8-4-1-5-11(14)9-17-20-15(22)10-23-16-18-12-6-2-3-7-13(12)19-16/h1-9,21H,10H2,(H,18,19)(H,20,22)/p+1. The number of fused-ring (bicyclic) bond motifs is 1. The second-order valence-electron chi connectivity index (χ2n) is 4.77. The van der Waals surface area contributed by atoms with Crippen LogP contribution in [0.3, 0.4) is 0 Å². The number of carbonyl (C=O) groups is 1. The molecule has 0 saturated heterocycles. The van der Waals surface area contributed by atoms with E-state index in [1.807, 2.05) is 24.3 Å². The Morgan fingerprint density at radius 1 is 1.26 bits per heavy atom. The van der Waals surface area contributed by atoms with Gasteiger partial charge in [0.15, 0.2) is 11.0 Å². The molecule has 0 fully saturated rings. The van der Waals surface area contributed by atoms with Crippen LogP contribution < -0.4 is 10.4 Å². The first kappa shape index (κ1) is 15.1. The number of phenols is 1. The maximum atomic E-state index is 11.8. The first-order valence-electron chi connectivity index (χ1n) is 6.95. The normalized spacial score (nSPS) is 11.1. The number of H-pyrrole nitrogens is 2. The Kier molecular flexibility index (Phi) is 4.58. The molecule has 0 aliphatic heterocycles. The van der Waals surface area contributed by atoms with Crippen LogP contribution in [0.2, 0.25) is 0 Å². The molecule has 0 saturated carbocycles. The predicted molar refractivity (Wildman–Crippen MR) is 89.4 cm³/mol. The first-order chi connectivity index (χ1) is 11.2. The summed E-state index contributed by atoms with van der Waals surface area (Å²) in [6.07, 6.45) is 1.41. The zero-order valence-electron chi connectivity index (χ0n) is 12.1. The highest BCUT2D eigenvalue weighted by molar-refractivity contribution is 7.99. The van der Waals surface area contributed by atoms with Gasteiger partial charge in [-0.25, -0.2) is 15.4 Å². The molecule has 0 spiro atoms. The third kappa shape index (κ3) is 3.89. The number of aromatic hydroxyl groups is 1. The lowest BCUT2D eigenvalue weighted by molar-refractivity contribution is -0.396. The van der Waals surface area contributed by atoms with Crippen LogP contribution in [-0.4, -0.2) is 28.0 Å². The maximum absolute atomic E-state index is 11.8. The number of para-hydroxylation sites is 3. The van der Waals surface area contributed by atoms with E-state index in [0.29, 0.717) is 5.56 Å². The molecule has 2 aromatic carbocycles. The van der Waals surface area contributed by atoms with Gasteiger partial charge >= 0.3 is 5.16 Å². The number of carbonyl (C=O) groups excluding carboxylic acids is 1. The van der Waals surface area contributed by atoms with Crippen molar-refractivity contribution in [3.63, 3.8) is 0 Å². The Bertz CT molecular complexity index is 827. The molecule has 0 radical (unpaired) electrons. The molecule has 23 heavy (non-hydrogen) atoms. The van der Waals surface area contributed by atoms with Crippen LogP contribution in [0.1, 0.15) is 5.56 Å². The van der Waals surface area contributed by atoms with Gasteiger partial charge in [0.2, 0.25) is 0 Å². The van der Waals surface area contributed by atoms with Gasteiger partial charge in [-0.15, -0.1) is 0 Å². The number of hydrogen-bond donors (Lipinski definition) is 3. The van der Waals surface area contributed by atoms with Gasteiger partial charge in [-0.2, -0.15) is 5.10 Å². The van der Waals surface area contributed by atoms with Gasteiger partial charge in [-0.1, -0.05) is 24.3 Å². The van der Waals surface area contributed by atoms with Gasteiger partial charge in [-0.05, 0) is 36.0 Å². The molecule has 0 atom stereocenters. The summed E-state index contributed by atoms with van der Waals surface area (Å²) in [4.78, 5) is 18.2. The number of imidazole rings is 1. The Labute approximate surface area is 136 Å². The summed E-state index contributed by atoms with van der Waals surface area (Å²) in [5.74, 6) is 0.114. The number of nitrogens with zero attached hydrogens (tertiary/aromatic N) is 1. The molecule has 0 aliphatic rings. The van der Waals surface area contributed by atoms with Gasteiger partial charge < -0.3 is 5.11 Å². The van der Waals surface area contributed by atoms with Crippen molar-refractivity contribution in [1.29, 1.82) is 0 Å². The number of rotatable bonds is 5. The Morgan fingerprint density at radius 3 is 2.87 bits per heavy atom. The van der Waals surface area contributed by atoms with E-state index in [4.69, 9.17) is 0 Å². The molecule has 7 heteroatoms. The molecule has 3 rings (SSSR count). The number of hydrazone groups is 1. The topological polar surface area (TPSA) is 91.6 Å². The van der Waals surface area contributed by atoms with Crippen LogP contribution in [0.5, 0.6) is 5.75 Å². The average molecular weight is 327 g/mol. The van der Waals surface area contributed by atoms with Crippen molar-refractivity contribution in [2.75, 3.05) is 5.75 Å². The van der Waals surface area contributed by atoms with E-state index in [1.165, 1.54) is 18.0 Å². The SMILES string of the molecule is O=C(CSc1[nH]c2ccccc2[nH+]1)NN=Cc1ccccc1O. The van der Waals surface area contributed by atoms with E-state index < -0.39 is 0 Å². The first-order valence-corrected chi connectivity index (χ1v) is 7.93. The van der Waals surface area contributed by atoms with Gasteiger partial charge in [-0.3, -0.25) is 4.79 Å². The number of aromatic amines is 2. The lowest BCUT2D eigenvalue weighted by Crippen LogP contribution is -2.20. The van der Waals surface area contributed by atoms with Crippen molar-refractivity contribution in [1.82, 2.24) is 10.4 Å². The number of hydrogen-bond acceptors (Lipinski definition) is 4. The lowest BCUT2D eigenvalue weighted by Gasteiger charge is -1.98. The number of nitrogens with one attached hydrogen (secondary N) is 3. The molecule has 0 unspecified atom stereocenters. The summed E-state index contributed by atoms with van der Waals surface area (Å²) in [5.41, 5.74) is 4.97. The van der Waals surface area contributed by atoms with E-state index in [1.54, 1.807) is 24.3 Å². The second-order valence-corrected chi connectivity index (χ2v) is 5.75. The lowest BCUT2D eigenvalue weighted by atomic mass is 10.2. The van der Waals surface area contributed by atoms with Gasteiger partial charge in [0.25, 0.3) is 5.91 Å². The zero-order valence-corrected chi connectivity index (χ0v) is 12.9. The van der Waals surface area contributed by atoms with Gasteiger partial charge in [0.1, 0.15) is 5.75 Å². The monoisotopic (exact) mass is 327 g/mol. The Morgan fingerprint density at radius 2 is 2.04 bits per heavy atom. The summed E-state index contributed by atoms with van der Waals surface area (Å²) < 4.78 is 0. The Hall–Kier alpha value is -2.80. The quantitative estimate of drug-likeness (QED) is 0.380. The van der Waals surface area contributed by atoms with Crippen LogP contribution in [0, 0.1) is 0 Å². The molecule has 6 nitrogen and oxygen atoms in total. The molecule has 3 aromatic rings. The fourth-order valence-corrected chi connectivity index (χ4v) is 2.69. The van der Waals surface area contributed by atoms with Crippen molar-refractivity contribution >= 4 is 34.9 Å². The molecule has 116 valence electrons. The number of aromatic nitrogens is 2. The highest BCUT2D eigenvalue weighted by Gasteiger charge is 2.11. The minimum absolute atomic E-state index is 0.118. The number of phenolic OH excluding ortho intramolecular Hbond substituents is 1. The predicted octanol–water partition coefficient (Wildman–Crippen LogP) is 1.93. The molecule has 4 N–H and O–H groups in total. The second kappa shape index (κ2) is 6.97.